The first-order valence-corrected chi connectivity index (χ1v) is 15.6. The van der Waals surface area contributed by atoms with E-state index in [-0.39, 0.29) is 28.5 Å². The summed E-state index contributed by atoms with van der Waals surface area (Å²) < 4.78 is 5.65. The monoisotopic (exact) mass is 600 g/mol. The van der Waals surface area contributed by atoms with Gasteiger partial charge < -0.3 is 9.72 Å². The van der Waals surface area contributed by atoms with Crippen LogP contribution in [0.25, 0.3) is 22.2 Å². The topological polar surface area (TPSA) is 78.0 Å². The Labute approximate surface area is 260 Å². The number of thioether (sulfide) groups is 1. The van der Waals surface area contributed by atoms with Crippen LogP contribution in [0.1, 0.15) is 48.4 Å². The lowest BCUT2D eigenvalue weighted by molar-refractivity contribution is -0.130. The Hall–Kier alpha value is -4.82. The van der Waals surface area contributed by atoms with Crippen LogP contribution in [0.3, 0.4) is 0 Å². The molecule has 3 atom stereocenters. The zero-order valence-electron chi connectivity index (χ0n) is 24.7. The summed E-state index contributed by atoms with van der Waals surface area (Å²) in [5, 5.41) is 6.97. The molecule has 1 fully saturated rings. The average molecular weight is 601 g/mol. The fourth-order valence-electron chi connectivity index (χ4n) is 6.39. The maximum atomic E-state index is 14.1. The zero-order chi connectivity index (χ0) is 30.4. The van der Waals surface area contributed by atoms with Gasteiger partial charge in [0.15, 0.2) is 0 Å². The number of aromatic amines is 1. The quantitative estimate of drug-likeness (QED) is 0.217. The van der Waals surface area contributed by atoms with Gasteiger partial charge in [0.2, 0.25) is 11.8 Å². The molecule has 7 nitrogen and oxygen atoms in total. The van der Waals surface area contributed by atoms with E-state index in [2.05, 4.69) is 29.2 Å². The molecule has 3 unspecified atom stereocenters. The predicted molar refractivity (Wildman–Crippen MR) is 177 cm³/mol. The number of aromatic nitrogens is 1. The Balaban J connectivity index is 1.36. The van der Waals surface area contributed by atoms with Crippen LogP contribution in [-0.4, -0.2) is 39.9 Å². The summed E-state index contributed by atoms with van der Waals surface area (Å²) in [4.78, 5) is 32.5. The van der Waals surface area contributed by atoms with Crippen LogP contribution in [0.4, 0.5) is 5.69 Å². The summed E-state index contributed by atoms with van der Waals surface area (Å²) in [6.45, 7) is 3.50. The van der Waals surface area contributed by atoms with Crippen LogP contribution in [0.15, 0.2) is 108 Å². The van der Waals surface area contributed by atoms with Gasteiger partial charge in [0, 0.05) is 40.9 Å². The molecule has 220 valence electrons. The number of carbonyl (C=O) groups excluding carboxylic acids is 2. The molecule has 2 aliphatic heterocycles. The highest BCUT2D eigenvalue weighted by atomic mass is 32.2. The Morgan fingerprint density at radius 2 is 1.64 bits per heavy atom. The maximum absolute atomic E-state index is 14.1. The van der Waals surface area contributed by atoms with E-state index in [0.717, 1.165) is 50.2 Å². The first-order valence-electron chi connectivity index (χ1n) is 14.7. The van der Waals surface area contributed by atoms with E-state index in [1.165, 1.54) is 11.9 Å². The number of amides is 2. The molecular weight excluding hydrogens is 568 g/mol. The lowest BCUT2D eigenvalue weighted by Crippen LogP contribution is -2.31. The molecule has 3 heterocycles. The molecule has 5 aromatic rings. The molecule has 2 aliphatic rings. The normalized spacial score (nSPS) is 19.9. The number of fused-ring (bicyclic) bond motifs is 1. The van der Waals surface area contributed by atoms with Gasteiger partial charge >= 0.3 is 0 Å². The fraction of sp³-hybridized carbons (Fsp3) is 0.194. The van der Waals surface area contributed by atoms with Gasteiger partial charge in [-0.2, -0.15) is 5.10 Å². The van der Waals surface area contributed by atoms with E-state index in [1.54, 1.807) is 18.9 Å². The van der Waals surface area contributed by atoms with Crippen molar-refractivity contribution < 1.29 is 14.3 Å². The number of nitrogens with one attached hydrogen (secondary N) is 1. The molecular formula is C36H32N4O3S. The second-order valence-electron chi connectivity index (χ2n) is 11.1. The number of hydrogen-bond donors (Lipinski definition) is 1. The lowest BCUT2D eigenvalue weighted by Gasteiger charge is -2.27. The Morgan fingerprint density at radius 1 is 0.932 bits per heavy atom. The van der Waals surface area contributed by atoms with Gasteiger partial charge in [-0.25, -0.2) is 5.01 Å². The van der Waals surface area contributed by atoms with Crippen LogP contribution >= 0.6 is 11.8 Å². The summed E-state index contributed by atoms with van der Waals surface area (Å²) in [6.07, 6.45) is 0.495. The highest BCUT2D eigenvalue weighted by Crippen LogP contribution is 2.51. The standard InChI is InChI=1S/C36H32N4O3S/c1-22-35(42)39(36(44-22)33-26-16-7-10-18-28(26)37-34(33)24-13-5-4-6-14-24)30-19-11-8-15-25(30)29-21-31(40(38-29)23(2)41)27-17-9-12-20-32(27)43-3/h4-20,22,31,36-37H,21H2,1-3H3. The third kappa shape index (κ3) is 4.66. The number of ether oxygens (including phenoxy) is 1. The number of para-hydroxylation sites is 3. The van der Waals surface area contributed by atoms with E-state index in [9.17, 15) is 9.59 Å². The Kier molecular flexibility index (Phi) is 7.22. The summed E-state index contributed by atoms with van der Waals surface area (Å²) in [5.74, 6) is 0.598. The average Bonchev–Trinajstić information content (AvgIpc) is 3.75. The second-order valence-corrected chi connectivity index (χ2v) is 12.5. The van der Waals surface area contributed by atoms with Gasteiger partial charge in [-0.1, -0.05) is 84.9 Å². The third-order valence-corrected chi connectivity index (χ3v) is 9.73. The number of hydrazone groups is 1. The maximum Gasteiger partial charge on any atom is 0.241 e. The van der Waals surface area contributed by atoms with Crippen LogP contribution in [-0.2, 0) is 9.59 Å². The third-order valence-electron chi connectivity index (χ3n) is 8.41. The van der Waals surface area contributed by atoms with Crippen molar-refractivity contribution in [1.29, 1.82) is 0 Å². The molecule has 44 heavy (non-hydrogen) atoms. The molecule has 0 saturated carbocycles. The molecule has 0 bridgehead atoms. The number of benzene rings is 4. The molecule has 1 aromatic heterocycles. The van der Waals surface area contributed by atoms with E-state index in [0.29, 0.717) is 12.2 Å². The molecule has 1 saturated heterocycles. The molecule has 0 aliphatic carbocycles. The SMILES string of the molecule is COc1ccccc1C1CC(c2ccccc2N2C(=O)C(C)SC2c2c(-c3ccccc3)[nH]c3ccccc23)=NN1C(C)=O. The fourth-order valence-corrected chi connectivity index (χ4v) is 7.73. The summed E-state index contributed by atoms with van der Waals surface area (Å²) >= 11 is 1.65. The van der Waals surface area contributed by atoms with Gasteiger partial charge in [0.1, 0.15) is 11.1 Å². The van der Waals surface area contributed by atoms with E-state index >= 15 is 0 Å². The summed E-state index contributed by atoms with van der Waals surface area (Å²) in [7, 11) is 1.63. The highest BCUT2D eigenvalue weighted by molar-refractivity contribution is 8.01. The smallest absolute Gasteiger partial charge is 0.241 e. The Bertz CT molecular complexity index is 1920. The number of H-pyrrole nitrogens is 1. The van der Waals surface area contributed by atoms with Gasteiger partial charge in [-0.3, -0.25) is 14.5 Å². The molecule has 2 amide bonds. The van der Waals surface area contributed by atoms with Gasteiger partial charge in [-0.05, 0) is 30.7 Å². The van der Waals surface area contributed by atoms with E-state index < -0.39 is 0 Å². The highest BCUT2D eigenvalue weighted by Gasteiger charge is 2.43. The van der Waals surface area contributed by atoms with Gasteiger partial charge in [0.25, 0.3) is 0 Å². The molecule has 4 aromatic carbocycles. The number of rotatable bonds is 6. The molecule has 1 N–H and O–H groups in total. The van der Waals surface area contributed by atoms with Gasteiger partial charge in [-0.15, -0.1) is 11.8 Å². The lowest BCUT2D eigenvalue weighted by atomic mass is 9.96. The van der Waals surface area contributed by atoms with Crippen molar-refractivity contribution in [1.82, 2.24) is 9.99 Å². The van der Waals surface area contributed by atoms with Crippen molar-refractivity contribution in [3.05, 3.63) is 120 Å². The van der Waals surface area contributed by atoms with Crippen LogP contribution in [0.2, 0.25) is 0 Å². The van der Waals surface area contributed by atoms with E-state index in [4.69, 9.17) is 9.84 Å². The summed E-state index contributed by atoms with van der Waals surface area (Å²) in [5.41, 5.74) is 7.45. The number of carbonyl (C=O) groups is 2. The first kappa shape index (κ1) is 28.0. The van der Waals surface area contributed by atoms with Crippen LogP contribution in [0, 0.1) is 0 Å². The van der Waals surface area contributed by atoms with Crippen LogP contribution < -0.4 is 9.64 Å². The molecule has 0 spiro atoms. The number of nitrogens with zero attached hydrogens (tertiary/aromatic N) is 3. The van der Waals surface area contributed by atoms with Crippen molar-refractivity contribution >= 4 is 45.9 Å². The van der Waals surface area contributed by atoms with Crippen LogP contribution in [0.5, 0.6) is 5.75 Å². The summed E-state index contributed by atoms with van der Waals surface area (Å²) in [6, 6.07) is 33.9. The van der Waals surface area contributed by atoms with Crippen molar-refractivity contribution in [3.63, 3.8) is 0 Å². The molecule has 7 rings (SSSR count). The minimum absolute atomic E-state index is 0.0417. The number of hydrogen-bond acceptors (Lipinski definition) is 5. The van der Waals surface area contributed by atoms with Crippen molar-refractivity contribution in [2.75, 3.05) is 12.0 Å². The van der Waals surface area contributed by atoms with Crippen molar-refractivity contribution in [2.24, 2.45) is 5.10 Å². The van der Waals surface area contributed by atoms with Crippen molar-refractivity contribution in [3.8, 4) is 17.0 Å². The van der Waals surface area contributed by atoms with Crippen molar-refractivity contribution in [2.45, 2.75) is 36.9 Å². The first-order chi connectivity index (χ1) is 21.5. The minimum atomic E-state index is -0.316. The number of methoxy groups -OCH3 is 1. The van der Waals surface area contributed by atoms with E-state index in [1.807, 2.05) is 90.7 Å². The Morgan fingerprint density at radius 3 is 2.43 bits per heavy atom. The zero-order valence-corrected chi connectivity index (χ0v) is 25.5. The largest absolute Gasteiger partial charge is 0.496 e. The molecule has 8 heteroatoms. The second kappa shape index (κ2) is 11.4. The predicted octanol–water partition coefficient (Wildman–Crippen LogP) is 7.71. The number of anilines is 1. The molecule has 0 radical (unpaired) electrons. The van der Waals surface area contributed by atoms with Gasteiger partial charge in [0.05, 0.1) is 35.5 Å². The minimum Gasteiger partial charge on any atom is -0.496 e.